The van der Waals surface area contributed by atoms with E-state index in [1.807, 2.05) is 12.1 Å². The number of rotatable bonds is 6. The standard InChI is InChI=1S/C33H38ClF2N7O2/c1-21(35)30(44)43-13-12-41(18-24(43)16-37-2)29-25-19-40(3)33(10-8-22-6-4-7-26(34)28(22)33)15-27(25)38-31(39-29)45-20-32-9-5-11-42(32)17-23(36)14-32/h4,6-7,23-24H,1,5,8-20H2,3H3/t23-,24+,32+,33?/m1/s1. The molecule has 4 atom stereocenters. The van der Waals surface area contributed by atoms with Crippen molar-refractivity contribution >= 4 is 23.3 Å². The highest BCUT2D eigenvalue weighted by molar-refractivity contribution is 6.31. The zero-order valence-electron chi connectivity index (χ0n) is 25.6. The molecule has 5 aliphatic rings. The summed E-state index contributed by atoms with van der Waals surface area (Å²) >= 11 is 6.84. The minimum atomic E-state index is -1.03. The molecule has 0 N–H and O–H groups in total. The molecular weight excluding hydrogens is 600 g/mol. The van der Waals surface area contributed by atoms with Crippen molar-refractivity contribution < 1.29 is 18.3 Å². The summed E-state index contributed by atoms with van der Waals surface area (Å²) in [5.41, 5.74) is 3.59. The molecule has 1 spiro atoms. The molecule has 1 unspecified atom stereocenters. The Bertz CT molecular complexity index is 1580. The van der Waals surface area contributed by atoms with E-state index in [9.17, 15) is 13.6 Å². The topological polar surface area (TPSA) is 69.4 Å². The molecule has 5 heterocycles. The number of hydrogen-bond donors (Lipinski definition) is 0. The highest BCUT2D eigenvalue weighted by atomic mass is 35.5. The van der Waals surface area contributed by atoms with E-state index in [0.29, 0.717) is 51.4 Å². The van der Waals surface area contributed by atoms with Gasteiger partial charge < -0.3 is 19.4 Å². The number of carbonyl (C=O) groups is 1. The molecule has 12 heteroatoms. The Hall–Kier alpha value is -3.33. The van der Waals surface area contributed by atoms with Crippen LogP contribution in [0.5, 0.6) is 6.01 Å². The van der Waals surface area contributed by atoms with Gasteiger partial charge in [0.15, 0.2) is 5.83 Å². The van der Waals surface area contributed by atoms with Crippen LogP contribution in [0.1, 0.15) is 48.1 Å². The molecule has 1 aromatic carbocycles. The molecule has 0 radical (unpaired) electrons. The lowest BCUT2D eigenvalue weighted by molar-refractivity contribution is -0.131. The smallest absolute Gasteiger partial charge is 0.318 e. The Morgan fingerprint density at radius 2 is 2.09 bits per heavy atom. The number of benzene rings is 1. The first-order valence-corrected chi connectivity index (χ1v) is 16.2. The second-order valence-corrected chi connectivity index (χ2v) is 13.7. The minimum absolute atomic E-state index is 0.0349. The van der Waals surface area contributed by atoms with Gasteiger partial charge in [0.2, 0.25) is 6.54 Å². The molecule has 1 aromatic heterocycles. The lowest BCUT2D eigenvalue weighted by Crippen LogP contribution is -2.57. The number of alkyl halides is 1. The zero-order chi connectivity index (χ0) is 31.5. The normalized spacial score (nSPS) is 29.4. The van der Waals surface area contributed by atoms with E-state index in [1.165, 1.54) is 10.5 Å². The maximum atomic E-state index is 14.5. The Morgan fingerprint density at radius 1 is 1.24 bits per heavy atom. The number of likely N-dealkylation sites (N-methyl/N-ethyl adjacent to an activating group) is 1. The summed E-state index contributed by atoms with van der Waals surface area (Å²) in [4.78, 5) is 34.2. The van der Waals surface area contributed by atoms with Gasteiger partial charge in [0.1, 0.15) is 24.6 Å². The van der Waals surface area contributed by atoms with Crippen LogP contribution in [0.3, 0.4) is 0 Å². The van der Waals surface area contributed by atoms with Crippen LogP contribution in [0.25, 0.3) is 4.85 Å². The molecule has 238 valence electrons. The molecule has 1 amide bonds. The Kier molecular flexibility index (Phi) is 7.74. The van der Waals surface area contributed by atoms with Crippen molar-refractivity contribution in [2.75, 3.05) is 57.8 Å². The van der Waals surface area contributed by atoms with Gasteiger partial charge in [0, 0.05) is 56.2 Å². The van der Waals surface area contributed by atoms with E-state index >= 15 is 0 Å². The summed E-state index contributed by atoms with van der Waals surface area (Å²) in [5.74, 6) is -1.11. The lowest BCUT2D eigenvalue weighted by Gasteiger charge is -2.46. The maximum absolute atomic E-state index is 14.5. The predicted octanol–water partition coefficient (Wildman–Crippen LogP) is 4.33. The SMILES string of the molecule is [C-]#[N+]C[C@H]1CN(c2nc(OC[C@@]34CCCN3C[C@H](F)C4)nc3c2CN(C)C2(CCc4cccc(Cl)c42)C3)CCN1C(=O)C(=C)F. The minimum Gasteiger partial charge on any atom is -0.461 e. The van der Waals surface area contributed by atoms with Crippen molar-refractivity contribution in [3.8, 4) is 6.01 Å². The first kappa shape index (κ1) is 30.3. The second-order valence-electron chi connectivity index (χ2n) is 13.3. The van der Waals surface area contributed by atoms with E-state index in [4.69, 9.17) is 32.9 Å². The van der Waals surface area contributed by atoms with Gasteiger partial charge in [-0.2, -0.15) is 9.97 Å². The van der Waals surface area contributed by atoms with Gasteiger partial charge in [0.05, 0.1) is 16.8 Å². The number of aromatic nitrogens is 2. The lowest BCUT2D eigenvalue weighted by atomic mass is 9.81. The van der Waals surface area contributed by atoms with Gasteiger partial charge >= 0.3 is 6.01 Å². The molecule has 0 bridgehead atoms. The monoisotopic (exact) mass is 637 g/mol. The summed E-state index contributed by atoms with van der Waals surface area (Å²) in [5, 5.41) is 0.755. The van der Waals surface area contributed by atoms with Gasteiger partial charge in [0.25, 0.3) is 5.91 Å². The average Bonchev–Trinajstić information content (AvgIpc) is 3.67. The van der Waals surface area contributed by atoms with Crippen LogP contribution in [-0.2, 0) is 29.7 Å². The quantitative estimate of drug-likeness (QED) is 0.345. The first-order chi connectivity index (χ1) is 21.6. The van der Waals surface area contributed by atoms with E-state index in [1.54, 1.807) is 0 Å². The number of fused-ring (bicyclic) bond motifs is 4. The number of amides is 1. The number of hydrogen-bond acceptors (Lipinski definition) is 7. The maximum Gasteiger partial charge on any atom is 0.318 e. The largest absolute Gasteiger partial charge is 0.461 e. The molecule has 2 aromatic rings. The molecule has 0 saturated carbocycles. The summed E-state index contributed by atoms with van der Waals surface area (Å²) in [6.45, 7) is 13.9. The van der Waals surface area contributed by atoms with Gasteiger partial charge in [-0.05, 0) is 56.5 Å². The summed E-state index contributed by atoms with van der Waals surface area (Å²) < 4.78 is 34.8. The number of anilines is 1. The molecule has 3 fully saturated rings. The third-order valence-electron chi connectivity index (χ3n) is 10.8. The Balaban J connectivity index is 1.26. The van der Waals surface area contributed by atoms with Crippen LogP contribution in [0.4, 0.5) is 14.6 Å². The van der Waals surface area contributed by atoms with Gasteiger partial charge in [-0.15, -0.1) is 0 Å². The summed E-state index contributed by atoms with van der Waals surface area (Å²) in [7, 11) is 2.11. The zero-order valence-corrected chi connectivity index (χ0v) is 26.3. The summed E-state index contributed by atoms with van der Waals surface area (Å²) in [6.07, 6.45) is 3.93. The van der Waals surface area contributed by atoms with Crippen LogP contribution in [0.2, 0.25) is 5.02 Å². The predicted molar refractivity (Wildman–Crippen MR) is 167 cm³/mol. The molecule has 4 aliphatic heterocycles. The van der Waals surface area contributed by atoms with Crippen molar-refractivity contribution in [2.24, 2.45) is 0 Å². The number of piperazine rings is 1. The molecule has 1 aliphatic carbocycles. The van der Waals surface area contributed by atoms with E-state index in [-0.39, 0.29) is 30.2 Å². The Morgan fingerprint density at radius 3 is 2.89 bits per heavy atom. The molecule has 45 heavy (non-hydrogen) atoms. The average molecular weight is 638 g/mol. The third kappa shape index (κ3) is 5.06. The molecule has 9 nitrogen and oxygen atoms in total. The van der Waals surface area contributed by atoms with Crippen molar-refractivity contribution in [3.05, 3.63) is 69.4 Å². The highest BCUT2D eigenvalue weighted by Gasteiger charge is 2.50. The number of halogens is 3. The fourth-order valence-electron chi connectivity index (χ4n) is 8.63. The van der Waals surface area contributed by atoms with Crippen molar-refractivity contribution in [1.82, 2.24) is 24.7 Å². The van der Waals surface area contributed by atoms with Crippen LogP contribution in [0, 0.1) is 6.57 Å². The van der Waals surface area contributed by atoms with Crippen LogP contribution in [0.15, 0.2) is 30.6 Å². The summed E-state index contributed by atoms with van der Waals surface area (Å²) in [6, 6.07) is 5.83. The van der Waals surface area contributed by atoms with Crippen LogP contribution >= 0.6 is 11.6 Å². The first-order valence-electron chi connectivity index (χ1n) is 15.8. The fourth-order valence-corrected chi connectivity index (χ4v) is 9.00. The molecular formula is C33H38ClF2N7O2. The van der Waals surface area contributed by atoms with Crippen molar-refractivity contribution in [3.63, 3.8) is 0 Å². The van der Waals surface area contributed by atoms with Crippen LogP contribution in [-0.4, -0.2) is 101 Å². The van der Waals surface area contributed by atoms with E-state index < -0.39 is 23.9 Å². The van der Waals surface area contributed by atoms with Gasteiger partial charge in [-0.3, -0.25) is 14.6 Å². The highest BCUT2D eigenvalue weighted by Crippen LogP contribution is 2.50. The number of carbonyl (C=O) groups excluding carboxylic acids is 1. The number of nitrogens with zero attached hydrogens (tertiary/aromatic N) is 7. The van der Waals surface area contributed by atoms with Gasteiger partial charge in [-0.25, -0.2) is 15.4 Å². The van der Waals surface area contributed by atoms with Crippen molar-refractivity contribution in [1.29, 1.82) is 0 Å². The number of aryl methyl sites for hydroxylation is 1. The number of ether oxygens (including phenoxy) is 1. The van der Waals surface area contributed by atoms with Gasteiger partial charge in [-0.1, -0.05) is 30.3 Å². The Labute approximate surface area is 267 Å². The fraction of sp³-hybridized carbons (Fsp3) is 0.576. The third-order valence-corrected chi connectivity index (χ3v) is 11.1. The molecule has 3 saturated heterocycles. The van der Waals surface area contributed by atoms with E-state index in [0.717, 1.165) is 54.1 Å². The molecule has 7 rings (SSSR count). The van der Waals surface area contributed by atoms with E-state index in [2.05, 4.69) is 39.2 Å². The van der Waals surface area contributed by atoms with Crippen molar-refractivity contribution in [2.45, 2.75) is 68.4 Å². The van der Waals surface area contributed by atoms with Crippen LogP contribution < -0.4 is 9.64 Å². The second kappa shape index (κ2) is 11.5.